The van der Waals surface area contributed by atoms with Crippen molar-refractivity contribution in [2.24, 2.45) is 12.2 Å². The van der Waals surface area contributed by atoms with Crippen LogP contribution in [0.25, 0.3) is 28.1 Å². The normalized spacial score (nSPS) is 11.6. The number of hydrogen-bond acceptors (Lipinski definition) is 4. The van der Waals surface area contributed by atoms with Gasteiger partial charge in [0.2, 0.25) is 0 Å². The maximum atomic E-state index is 9.12. The lowest BCUT2D eigenvalue weighted by Crippen LogP contribution is -2.24. The second-order valence-corrected chi connectivity index (χ2v) is 7.85. The zero-order chi connectivity index (χ0) is 20.8. The van der Waals surface area contributed by atoms with Gasteiger partial charge in [-0.15, -0.1) is 0 Å². The second kappa shape index (κ2) is 9.69. The third kappa shape index (κ3) is 4.67. The van der Waals surface area contributed by atoms with Crippen molar-refractivity contribution in [1.82, 2.24) is 4.57 Å². The molecule has 0 bridgehead atoms. The predicted molar refractivity (Wildman–Crippen MR) is 127 cm³/mol. The molecular weight excluding hydrogens is 376 g/mol. The summed E-state index contributed by atoms with van der Waals surface area (Å²) < 4.78 is 2.09. The van der Waals surface area contributed by atoms with Crippen molar-refractivity contribution in [3.63, 3.8) is 0 Å². The third-order valence-electron chi connectivity index (χ3n) is 5.15. The maximum absolute atomic E-state index is 9.12. The molecule has 0 atom stereocenters. The number of fused-ring (bicyclic) bond motifs is 1. The van der Waals surface area contributed by atoms with Gasteiger partial charge in [0.15, 0.2) is 0 Å². The van der Waals surface area contributed by atoms with Crippen LogP contribution in [-0.4, -0.2) is 17.7 Å². The summed E-state index contributed by atoms with van der Waals surface area (Å²) in [4.78, 5) is 2.96. The predicted octanol–water partition coefficient (Wildman–Crippen LogP) is 5.94. The van der Waals surface area contributed by atoms with Crippen LogP contribution in [0.4, 0.5) is 5.69 Å². The van der Waals surface area contributed by atoms with Gasteiger partial charge >= 0.3 is 0 Å². The van der Waals surface area contributed by atoms with Crippen LogP contribution in [0.3, 0.4) is 0 Å². The zero-order valence-corrected chi connectivity index (χ0v) is 18.2. The van der Waals surface area contributed by atoms with Gasteiger partial charge in [0.1, 0.15) is 11.0 Å². The lowest BCUT2D eigenvalue weighted by atomic mass is 10.0. The van der Waals surface area contributed by atoms with Crippen LogP contribution in [0.2, 0.25) is 0 Å². The van der Waals surface area contributed by atoms with E-state index in [2.05, 4.69) is 71.8 Å². The Hall–Kier alpha value is -2.68. The fraction of sp³-hybridized carbons (Fsp3) is 0.292. The molecule has 5 heteroatoms. The molecular formula is C24H28N4S. The van der Waals surface area contributed by atoms with Crippen LogP contribution in [0.1, 0.15) is 32.4 Å². The van der Waals surface area contributed by atoms with Crippen LogP contribution >= 0.6 is 11.9 Å². The first-order valence-corrected chi connectivity index (χ1v) is 10.9. The minimum atomic E-state index is 0.493. The molecule has 0 amide bonds. The number of benzene rings is 2. The van der Waals surface area contributed by atoms with Crippen molar-refractivity contribution in [1.29, 1.82) is 5.26 Å². The quantitative estimate of drug-likeness (QED) is 0.373. The van der Waals surface area contributed by atoms with Gasteiger partial charge in [-0.25, -0.2) is 0 Å². The summed E-state index contributed by atoms with van der Waals surface area (Å²) in [7, 11) is 2.01. The molecule has 0 unspecified atom stereocenters. The number of aromatic nitrogens is 1. The highest BCUT2D eigenvalue weighted by atomic mass is 32.2. The van der Waals surface area contributed by atoms with Gasteiger partial charge in [-0.3, -0.25) is 5.14 Å². The Kier molecular flexibility index (Phi) is 7.03. The molecule has 0 saturated heterocycles. The van der Waals surface area contributed by atoms with Crippen LogP contribution < -0.4 is 10.0 Å². The van der Waals surface area contributed by atoms with Crippen LogP contribution in [0.5, 0.6) is 0 Å². The summed E-state index contributed by atoms with van der Waals surface area (Å²) >= 11 is 0.973. The Labute approximate surface area is 177 Å². The Balaban J connectivity index is 1.95. The highest BCUT2D eigenvalue weighted by Gasteiger charge is 2.09. The monoisotopic (exact) mass is 404 g/mol. The van der Waals surface area contributed by atoms with Crippen molar-refractivity contribution >= 4 is 34.5 Å². The second-order valence-electron chi connectivity index (χ2n) is 7.17. The van der Waals surface area contributed by atoms with Crippen molar-refractivity contribution < 1.29 is 0 Å². The molecule has 0 aliphatic heterocycles. The molecule has 0 radical (unpaired) electrons. The summed E-state index contributed by atoms with van der Waals surface area (Å²) in [6, 6.07) is 19.6. The molecule has 0 aliphatic carbocycles. The largest absolute Gasteiger partial charge is 0.372 e. The van der Waals surface area contributed by atoms with Gasteiger partial charge < -0.3 is 9.47 Å². The Morgan fingerprint density at radius 1 is 1.07 bits per heavy atom. The Morgan fingerprint density at radius 3 is 2.41 bits per heavy atom. The Bertz CT molecular complexity index is 1050. The highest BCUT2D eigenvalue weighted by Crippen LogP contribution is 2.29. The van der Waals surface area contributed by atoms with E-state index in [1.807, 2.05) is 19.2 Å². The summed E-state index contributed by atoms with van der Waals surface area (Å²) in [6.07, 6.45) is 4.12. The molecule has 0 aliphatic rings. The van der Waals surface area contributed by atoms with Crippen molar-refractivity contribution in [3.8, 4) is 17.3 Å². The summed E-state index contributed by atoms with van der Waals surface area (Å²) in [6.45, 7) is 6.63. The number of nitriles is 1. The average Bonchev–Trinajstić information content (AvgIpc) is 3.11. The molecule has 3 rings (SSSR count). The van der Waals surface area contributed by atoms with Crippen molar-refractivity contribution in [2.75, 3.05) is 18.0 Å². The maximum Gasteiger partial charge on any atom is 0.108 e. The molecule has 29 heavy (non-hydrogen) atoms. The van der Waals surface area contributed by atoms with Gasteiger partial charge in [0.25, 0.3) is 0 Å². The van der Waals surface area contributed by atoms with Gasteiger partial charge in [-0.1, -0.05) is 32.0 Å². The smallest absolute Gasteiger partial charge is 0.108 e. The van der Waals surface area contributed by atoms with E-state index < -0.39 is 0 Å². The molecule has 2 aromatic carbocycles. The molecule has 1 heterocycles. The van der Waals surface area contributed by atoms with Crippen LogP contribution in [0, 0.1) is 11.3 Å². The van der Waals surface area contributed by atoms with Gasteiger partial charge in [-0.2, -0.15) is 5.26 Å². The standard InChI is InChI=1S/C24H28N4S/c1-4-12-28(13-5-2)22-9-8-18-14-20(7-6-19(18)15-22)24-11-10-21(27(24)3)16-23(17-25)29-26/h6-11,14-16H,4-5,12-13,26H2,1-3H3/b23-16+. The van der Waals surface area contributed by atoms with Gasteiger partial charge in [-0.05, 0) is 77.5 Å². The number of nitrogens with two attached hydrogens (primary N) is 1. The van der Waals surface area contributed by atoms with E-state index >= 15 is 0 Å². The zero-order valence-electron chi connectivity index (χ0n) is 17.4. The SMILES string of the molecule is CCCN(CCC)c1ccc2cc(-c3ccc(/C=C(\C#N)SN)n3C)ccc2c1. The van der Waals surface area contributed by atoms with Gasteiger partial charge in [0.05, 0.1) is 0 Å². The lowest BCUT2D eigenvalue weighted by molar-refractivity contribution is 0.745. The minimum Gasteiger partial charge on any atom is -0.372 e. The average molecular weight is 405 g/mol. The first-order valence-electron chi connectivity index (χ1n) is 10.0. The number of rotatable bonds is 8. The molecule has 150 valence electrons. The summed E-state index contributed by atoms with van der Waals surface area (Å²) in [5.41, 5.74) is 4.52. The fourth-order valence-electron chi connectivity index (χ4n) is 3.69. The highest BCUT2D eigenvalue weighted by molar-refractivity contribution is 8.01. The number of anilines is 1. The van der Waals surface area contributed by atoms with E-state index in [4.69, 9.17) is 10.4 Å². The molecule has 0 saturated carbocycles. The van der Waals surface area contributed by atoms with E-state index in [9.17, 15) is 0 Å². The number of hydrogen-bond donors (Lipinski definition) is 1. The molecule has 4 nitrogen and oxygen atoms in total. The van der Waals surface area contributed by atoms with Crippen molar-refractivity contribution in [3.05, 3.63) is 59.1 Å². The molecule has 0 fully saturated rings. The first kappa shape index (κ1) is 21.0. The molecule has 3 aromatic rings. The van der Waals surface area contributed by atoms with Crippen molar-refractivity contribution in [2.45, 2.75) is 26.7 Å². The molecule has 2 N–H and O–H groups in total. The van der Waals surface area contributed by atoms with E-state index in [1.165, 1.54) is 16.5 Å². The van der Waals surface area contributed by atoms with E-state index in [1.54, 1.807) is 0 Å². The van der Waals surface area contributed by atoms with Crippen LogP contribution in [0.15, 0.2) is 53.4 Å². The fourth-order valence-corrected chi connectivity index (χ4v) is 3.93. The van der Waals surface area contributed by atoms with E-state index in [0.717, 1.165) is 54.8 Å². The van der Waals surface area contributed by atoms with E-state index in [-0.39, 0.29) is 0 Å². The van der Waals surface area contributed by atoms with Gasteiger partial charge in [0, 0.05) is 37.2 Å². The summed E-state index contributed by atoms with van der Waals surface area (Å²) in [5, 5.41) is 17.1. The van der Waals surface area contributed by atoms with E-state index in [0.29, 0.717) is 4.91 Å². The number of nitrogens with zero attached hydrogens (tertiary/aromatic N) is 3. The lowest BCUT2D eigenvalue weighted by Gasteiger charge is -2.24. The topological polar surface area (TPSA) is 58.0 Å². The first-order chi connectivity index (χ1) is 14.1. The number of allylic oxidation sites excluding steroid dienone is 1. The molecule has 0 spiro atoms. The summed E-state index contributed by atoms with van der Waals surface area (Å²) in [5.74, 6) is 0. The Morgan fingerprint density at radius 2 is 1.76 bits per heavy atom. The van der Waals surface area contributed by atoms with Crippen LogP contribution in [-0.2, 0) is 7.05 Å². The third-order valence-corrected chi connectivity index (χ3v) is 5.61. The minimum absolute atomic E-state index is 0.493. The molecule has 1 aromatic heterocycles.